The minimum Gasteiger partial charge on any atom is -0.392 e. The van der Waals surface area contributed by atoms with E-state index in [0.717, 1.165) is 38.0 Å². The maximum atomic E-state index is 12.4. The van der Waals surface area contributed by atoms with Gasteiger partial charge in [-0.05, 0) is 12.8 Å². The van der Waals surface area contributed by atoms with Gasteiger partial charge in [0, 0.05) is 29.1 Å². The van der Waals surface area contributed by atoms with Crippen LogP contribution >= 0.6 is 35.7 Å². The Hall–Kier alpha value is 0.0600. The molecule has 2 fully saturated rings. The van der Waals surface area contributed by atoms with Gasteiger partial charge in [0.15, 0.2) is 0 Å². The Labute approximate surface area is 122 Å². The molecule has 1 unspecified atom stereocenters. The van der Waals surface area contributed by atoms with E-state index in [-0.39, 0.29) is 5.91 Å². The summed E-state index contributed by atoms with van der Waals surface area (Å²) in [4.78, 5) is 12.7. The standard InChI is InChI=1S/C12H20N2OS3/c13-10(16)12(3-1-2-4-12)11(15)14-7-9-8-17-5-6-18-9/h9H,1-8H2,(H2,13,16)(H,14,15). The molecule has 0 aromatic heterocycles. The number of nitrogens with two attached hydrogens (primary N) is 1. The lowest BCUT2D eigenvalue weighted by atomic mass is 9.85. The molecule has 1 saturated carbocycles. The van der Waals surface area contributed by atoms with Crippen molar-refractivity contribution in [3.8, 4) is 0 Å². The van der Waals surface area contributed by atoms with Gasteiger partial charge in [0.05, 0.1) is 10.4 Å². The van der Waals surface area contributed by atoms with E-state index in [0.29, 0.717) is 10.2 Å². The van der Waals surface area contributed by atoms with Crippen LogP contribution < -0.4 is 11.1 Å². The van der Waals surface area contributed by atoms with Crippen molar-refractivity contribution in [2.24, 2.45) is 11.1 Å². The molecule has 102 valence electrons. The van der Waals surface area contributed by atoms with Gasteiger partial charge >= 0.3 is 0 Å². The average molecular weight is 305 g/mol. The Balaban J connectivity index is 1.87. The van der Waals surface area contributed by atoms with Crippen LogP contribution in [0.5, 0.6) is 0 Å². The zero-order valence-corrected chi connectivity index (χ0v) is 12.9. The molecule has 0 bridgehead atoms. The molecule has 1 aliphatic heterocycles. The van der Waals surface area contributed by atoms with Gasteiger partial charge in [-0.2, -0.15) is 23.5 Å². The molecule has 1 heterocycles. The van der Waals surface area contributed by atoms with Crippen molar-refractivity contribution < 1.29 is 4.79 Å². The van der Waals surface area contributed by atoms with E-state index < -0.39 is 5.41 Å². The molecule has 0 radical (unpaired) electrons. The summed E-state index contributed by atoms with van der Waals surface area (Å²) in [5.74, 6) is 3.60. The van der Waals surface area contributed by atoms with Gasteiger partial charge in [-0.15, -0.1) is 0 Å². The normalized spacial score (nSPS) is 26.8. The summed E-state index contributed by atoms with van der Waals surface area (Å²) in [5.41, 5.74) is 5.25. The molecule has 0 aromatic carbocycles. The maximum absolute atomic E-state index is 12.4. The number of carbonyl (C=O) groups excluding carboxylic acids is 1. The summed E-state index contributed by atoms with van der Waals surface area (Å²) in [6.45, 7) is 0.751. The summed E-state index contributed by atoms with van der Waals surface area (Å²) < 4.78 is 0. The van der Waals surface area contributed by atoms with Crippen LogP contribution in [0.15, 0.2) is 0 Å². The number of amides is 1. The first-order chi connectivity index (χ1) is 8.65. The van der Waals surface area contributed by atoms with E-state index in [1.165, 1.54) is 11.5 Å². The van der Waals surface area contributed by atoms with Crippen LogP contribution in [0.4, 0.5) is 0 Å². The lowest BCUT2D eigenvalue weighted by Crippen LogP contribution is -2.49. The molecule has 0 spiro atoms. The van der Waals surface area contributed by atoms with Crippen LogP contribution in [0.2, 0.25) is 0 Å². The van der Waals surface area contributed by atoms with Crippen molar-refractivity contribution in [2.75, 3.05) is 23.8 Å². The van der Waals surface area contributed by atoms with Crippen LogP contribution in [0.1, 0.15) is 25.7 Å². The van der Waals surface area contributed by atoms with Crippen LogP contribution in [0, 0.1) is 5.41 Å². The van der Waals surface area contributed by atoms with Gasteiger partial charge in [0.25, 0.3) is 0 Å². The molecule has 0 aromatic rings. The minimum absolute atomic E-state index is 0.0590. The number of thioether (sulfide) groups is 2. The lowest BCUT2D eigenvalue weighted by molar-refractivity contribution is -0.127. The van der Waals surface area contributed by atoms with Crippen molar-refractivity contribution in [3.05, 3.63) is 0 Å². The first-order valence-corrected chi connectivity index (χ1v) is 9.04. The Kier molecular flexibility index (Phi) is 5.21. The summed E-state index contributed by atoms with van der Waals surface area (Å²) in [6.07, 6.45) is 3.75. The van der Waals surface area contributed by atoms with E-state index in [1.54, 1.807) is 0 Å². The van der Waals surface area contributed by atoms with Crippen molar-refractivity contribution in [1.29, 1.82) is 0 Å². The molecule has 1 saturated heterocycles. The van der Waals surface area contributed by atoms with Crippen molar-refractivity contribution in [1.82, 2.24) is 5.32 Å². The second-order valence-electron chi connectivity index (χ2n) is 4.93. The summed E-state index contributed by atoms with van der Waals surface area (Å²) >= 11 is 9.05. The topological polar surface area (TPSA) is 55.1 Å². The molecule has 1 aliphatic carbocycles. The van der Waals surface area contributed by atoms with Crippen molar-refractivity contribution in [2.45, 2.75) is 30.9 Å². The minimum atomic E-state index is -0.554. The number of nitrogens with one attached hydrogen (secondary N) is 1. The van der Waals surface area contributed by atoms with E-state index in [9.17, 15) is 4.79 Å². The quantitative estimate of drug-likeness (QED) is 0.776. The Morgan fingerprint density at radius 1 is 1.39 bits per heavy atom. The molecule has 3 nitrogen and oxygen atoms in total. The molecular formula is C12H20N2OS3. The third-order valence-electron chi connectivity index (χ3n) is 3.74. The Bertz CT molecular complexity index is 323. The molecule has 1 amide bonds. The number of carbonyl (C=O) groups is 1. The van der Waals surface area contributed by atoms with Crippen LogP contribution in [0.3, 0.4) is 0 Å². The zero-order valence-electron chi connectivity index (χ0n) is 10.4. The fourth-order valence-electron chi connectivity index (χ4n) is 2.59. The molecular weight excluding hydrogens is 284 g/mol. The van der Waals surface area contributed by atoms with Gasteiger partial charge in [-0.3, -0.25) is 4.79 Å². The zero-order chi connectivity index (χ0) is 13.0. The van der Waals surface area contributed by atoms with Gasteiger partial charge in [0.2, 0.25) is 5.91 Å². The van der Waals surface area contributed by atoms with E-state index in [4.69, 9.17) is 18.0 Å². The highest BCUT2D eigenvalue weighted by Crippen LogP contribution is 2.38. The van der Waals surface area contributed by atoms with Gasteiger partial charge in [-0.1, -0.05) is 25.1 Å². The maximum Gasteiger partial charge on any atom is 0.233 e. The van der Waals surface area contributed by atoms with Crippen LogP contribution in [-0.4, -0.2) is 39.9 Å². The van der Waals surface area contributed by atoms with E-state index in [2.05, 4.69) is 5.32 Å². The second kappa shape index (κ2) is 6.48. The summed E-state index contributed by atoms with van der Waals surface area (Å²) in [7, 11) is 0. The van der Waals surface area contributed by atoms with Crippen LogP contribution in [-0.2, 0) is 4.79 Å². The molecule has 18 heavy (non-hydrogen) atoms. The number of hydrogen-bond acceptors (Lipinski definition) is 4. The van der Waals surface area contributed by atoms with E-state index in [1.807, 2.05) is 23.5 Å². The Morgan fingerprint density at radius 2 is 2.11 bits per heavy atom. The third-order valence-corrected chi connectivity index (χ3v) is 6.97. The van der Waals surface area contributed by atoms with Gasteiger partial charge in [-0.25, -0.2) is 0 Å². The highest BCUT2D eigenvalue weighted by atomic mass is 32.2. The number of rotatable bonds is 4. The van der Waals surface area contributed by atoms with Gasteiger partial charge in [0.1, 0.15) is 0 Å². The second-order valence-corrected chi connectivity index (χ2v) is 7.93. The predicted octanol–water partition coefficient (Wildman–Crippen LogP) is 1.80. The Morgan fingerprint density at radius 3 is 2.67 bits per heavy atom. The molecule has 2 aliphatic rings. The fraction of sp³-hybridized carbons (Fsp3) is 0.833. The first-order valence-electron chi connectivity index (χ1n) is 6.43. The van der Waals surface area contributed by atoms with Crippen LogP contribution in [0.25, 0.3) is 0 Å². The molecule has 3 N–H and O–H groups in total. The van der Waals surface area contributed by atoms with Crippen molar-refractivity contribution in [3.63, 3.8) is 0 Å². The average Bonchev–Trinajstić information content (AvgIpc) is 2.88. The SMILES string of the molecule is NC(=S)C1(C(=O)NCC2CSCCS2)CCCC1. The largest absolute Gasteiger partial charge is 0.392 e. The monoisotopic (exact) mass is 304 g/mol. The van der Waals surface area contributed by atoms with Gasteiger partial charge < -0.3 is 11.1 Å². The first kappa shape index (κ1) is 14.5. The summed E-state index contributed by atoms with van der Waals surface area (Å²) in [5, 5.41) is 3.62. The van der Waals surface area contributed by atoms with E-state index >= 15 is 0 Å². The fourth-order valence-corrected chi connectivity index (χ4v) is 5.50. The highest BCUT2D eigenvalue weighted by molar-refractivity contribution is 8.06. The predicted molar refractivity (Wildman–Crippen MR) is 84.3 cm³/mol. The highest BCUT2D eigenvalue weighted by Gasteiger charge is 2.43. The summed E-state index contributed by atoms with van der Waals surface area (Å²) in [6, 6.07) is 0. The molecule has 1 atom stereocenters. The van der Waals surface area contributed by atoms with Crippen molar-refractivity contribution >= 4 is 46.6 Å². The number of thiocarbonyl (C=S) groups is 1. The number of hydrogen-bond donors (Lipinski definition) is 2. The lowest BCUT2D eigenvalue weighted by Gasteiger charge is -2.28. The molecule has 2 rings (SSSR count). The smallest absolute Gasteiger partial charge is 0.233 e. The third kappa shape index (κ3) is 3.14. The molecule has 6 heteroatoms.